The molecule has 0 spiro atoms. The summed E-state index contributed by atoms with van der Waals surface area (Å²) in [5, 5.41) is 20.7. The van der Waals surface area contributed by atoms with E-state index in [-0.39, 0.29) is 17.5 Å². The first-order chi connectivity index (χ1) is 7.70. The summed E-state index contributed by atoms with van der Waals surface area (Å²) in [7, 11) is 1.74. The molecule has 0 bridgehead atoms. The van der Waals surface area contributed by atoms with Crippen LogP contribution in [0.2, 0.25) is 0 Å². The Balaban J connectivity index is 2.24. The molecule has 2 heterocycles. The van der Waals surface area contributed by atoms with E-state index in [9.17, 15) is 10.1 Å². The molecule has 0 fully saturated rings. The van der Waals surface area contributed by atoms with Crippen LogP contribution in [-0.2, 0) is 6.54 Å². The SMILES string of the molecule is CNCc1nnc(-c2ccc([N+](=O)[O-])o2)o1. The molecule has 0 unspecified atom stereocenters. The average molecular weight is 224 g/mol. The van der Waals surface area contributed by atoms with Crippen LogP contribution in [0.4, 0.5) is 5.88 Å². The van der Waals surface area contributed by atoms with Gasteiger partial charge in [0, 0.05) is 0 Å². The van der Waals surface area contributed by atoms with E-state index in [0.717, 1.165) is 0 Å². The normalized spacial score (nSPS) is 10.6. The van der Waals surface area contributed by atoms with Crippen molar-refractivity contribution in [1.82, 2.24) is 15.5 Å². The van der Waals surface area contributed by atoms with Gasteiger partial charge in [0.1, 0.15) is 4.92 Å². The van der Waals surface area contributed by atoms with Gasteiger partial charge in [-0.05, 0) is 13.1 Å². The molecule has 2 aromatic rings. The van der Waals surface area contributed by atoms with Crippen molar-refractivity contribution in [3.05, 3.63) is 28.1 Å². The molecular weight excluding hydrogens is 216 g/mol. The zero-order valence-electron chi connectivity index (χ0n) is 8.34. The molecule has 8 nitrogen and oxygen atoms in total. The number of nitrogens with one attached hydrogen (secondary N) is 1. The number of rotatable bonds is 4. The summed E-state index contributed by atoms with van der Waals surface area (Å²) in [5.74, 6) is 0.333. The molecule has 0 aliphatic heterocycles. The van der Waals surface area contributed by atoms with Crippen LogP contribution in [0.5, 0.6) is 0 Å². The van der Waals surface area contributed by atoms with E-state index in [0.29, 0.717) is 12.4 Å². The molecule has 0 aliphatic carbocycles. The van der Waals surface area contributed by atoms with E-state index in [1.54, 1.807) is 7.05 Å². The Hall–Kier alpha value is -2.22. The highest BCUT2D eigenvalue weighted by Gasteiger charge is 2.17. The van der Waals surface area contributed by atoms with Gasteiger partial charge in [-0.3, -0.25) is 10.1 Å². The van der Waals surface area contributed by atoms with E-state index in [2.05, 4.69) is 15.5 Å². The van der Waals surface area contributed by atoms with E-state index in [4.69, 9.17) is 8.83 Å². The van der Waals surface area contributed by atoms with Crippen LogP contribution in [0.3, 0.4) is 0 Å². The third kappa shape index (κ3) is 1.91. The maximum absolute atomic E-state index is 10.4. The lowest BCUT2D eigenvalue weighted by molar-refractivity contribution is -0.401. The van der Waals surface area contributed by atoms with Crippen LogP contribution in [0.25, 0.3) is 11.7 Å². The summed E-state index contributed by atoms with van der Waals surface area (Å²) in [4.78, 5) is 9.76. The van der Waals surface area contributed by atoms with Crippen LogP contribution in [0.15, 0.2) is 21.0 Å². The number of hydrogen-bond acceptors (Lipinski definition) is 7. The zero-order chi connectivity index (χ0) is 11.5. The lowest BCUT2D eigenvalue weighted by Gasteiger charge is -1.88. The Bertz CT molecular complexity index is 504. The van der Waals surface area contributed by atoms with Crippen molar-refractivity contribution in [2.24, 2.45) is 0 Å². The molecule has 84 valence electrons. The van der Waals surface area contributed by atoms with Crippen LogP contribution in [0, 0.1) is 10.1 Å². The topological polar surface area (TPSA) is 107 Å². The van der Waals surface area contributed by atoms with Crippen molar-refractivity contribution in [3.63, 3.8) is 0 Å². The number of nitro groups is 1. The highest BCUT2D eigenvalue weighted by atomic mass is 16.6. The van der Waals surface area contributed by atoms with Crippen molar-refractivity contribution in [2.45, 2.75) is 6.54 Å². The van der Waals surface area contributed by atoms with Gasteiger partial charge in [0.25, 0.3) is 5.89 Å². The van der Waals surface area contributed by atoms with Crippen molar-refractivity contribution < 1.29 is 13.8 Å². The molecule has 2 aromatic heterocycles. The fourth-order valence-electron chi connectivity index (χ4n) is 1.12. The van der Waals surface area contributed by atoms with Gasteiger partial charge in [0.05, 0.1) is 12.6 Å². The minimum Gasteiger partial charge on any atom is -0.417 e. The largest absolute Gasteiger partial charge is 0.433 e. The van der Waals surface area contributed by atoms with Gasteiger partial charge in [-0.2, -0.15) is 0 Å². The Labute approximate surface area is 89.4 Å². The summed E-state index contributed by atoms with van der Waals surface area (Å²) in [6, 6.07) is 2.64. The first kappa shape index (κ1) is 10.3. The predicted octanol–water partition coefficient (Wildman–Crippen LogP) is 0.957. The Morgan fingerprint density at radius 3 is 2.88 bits per heavy atom. The van der Waals surface area contributed by atoms with Crippen LogP contribution in [0.1, 0.15) is 5.89 Å². The first-order valence-corrected chi connectivity index (χ1v) is 4.42. The fourth-order valence-corrected chi connectivity index (χ4v) is 1.12. The summed E-state index contributed by atoms with van der Waals surface area (Å²) in [5.41, 5.74) is 0. The summed E-state index contributed by atoms with van der Waals surface area (Å²) in [6.07, 6.45) is 0. The van der Waals surface area contributed by atoms with Gasteiger partial charge in [-0.25, -0.2) is 0 Å². The lowest BCUT2D eigenvalue weighted by atomic mass is 10.4. The summed E-state index contributed by atoms with van der Waals surface area (Å²) >= 11 is 0. The molecule has 2 rings (SSSR count). The van der Waals surface area contributed by atoms with E-state index in [1.807, 2.05) is 0 Å². The molecule has 16 heavy (non-hydrogen) atoms. The summed E-state index contributed by atoms with van der Waals surface area (Å²) in [6.45, 7) is 0.426. The van der Waals surface area contributed by atoms with Gasteiger partial charge < -0.3 is 14.2 Å². The molecule has 8 heteroatoms. The van der Waals surface area contributed by atoms with Crippen molar-refractivity contribution in [2.75, 3.05) is 7.05 Å². The molecule has 1 N–H and O–H groups in total. The third-order valence-corrected chi connectivity index (χ3v) is 1.78. The molecule has 0 saturated heterocycles. The van der Waals surface area contributed by atoms with Crippen molar-refractivity contribution in [1.29, 1.82) is 0 Å². The molecule has 0 atom stereocenters. The van der Waals surface area contributed by atoms with Crippen molar-refractivity contribution in [3.8, 4) is 11.7 Å². The fraction of sp³-hybridized carbons (Fsp3) is 0.250. The van der Waals surface area contributed by atoms with Gasteiger partial charge in [-0.15, -0.1) is 10.2 Å². The van der Waals surface area contributed by atoms with E-state index < -0.39 is 4.92 Å². The Morgan fingerprint density at radius 2 is 2.25 bits per heavy atom. The van der Waals surface area contributed by atoms with Crippen molar-refractivity contribution >= 4 is 5.88 Å². The van der Waals surface area contributed by atoms with Crippen LogP contribution in [-0.4, -0.2) is 22.2 Å². The zero-order valence-corrected chi connectivity index (χ0v) is 8.34. The minimum atomic E-state index is -0.631. The second-order valence-corrected chi connectivity index (χ2v) is 2.93. The average Bonchev–Trinajstić information content (AvgIpc) is 2.84. The molecule has 0 amide bonds. The first-order valence-electron chi connectivity index (χ1n) is 4.42. The number of furan rings is 1. The van der Waals surface area contributed by atoms with Crippen LogP contribution >= 0.6 is 0 Å². The maximum atomic E-state index is 10.4. The van der Waals surface area contributed by atoms with Gasteiger partial charge >= 0.3 is 5.88 Å². The highest BCUT2D eigenvalue weighted by molar-refractivity contribution is 5.45. The third-order valence-electron chi connectivity index (χ3n) is 1.78. The van der Waals surface area contributed by atoms with Gasteiger partial charge in [-0.1, -0.05) is 0 Å². The monoisotopic (exact) mass is 224 g/mol. The molecular formula is C8H8N4O4. The second-order valence-electron chi connectivity index (χ2n) is 2.93. The predicted molar refractivity (Wildman–Crippen MR) is 51.4 cm³/mol. The molecule has 0 saturated carbocycles. The standard InChI is InChI=1S/C8H8N4O4/c1-9-4-6-10-11-8(16-6)5-2-3-7(15-5)12(13)14/h2-3,9H,4H2,1H3. The van der Waals surface area contributed by atoms with E-state index in [1.165, 1.54) is 12.1 Å². The Morgan fingerprint density at radius 1 is 1.44 bits per heavy atom. The molecule has 0 aliphatic rings. The maximum Gasteiger partial charge on any atom is 0.433 e. The minimum absolute atomic E-state index is 0.123. The van der Waals surface area contributed by atoms with Gasteiger partial charge in [0.15, 0.2) is 5.76 Å². The van der Waals surface area contributed by atoms with Crippen LogP contribution < -0.4 is 5.32 Å². The van der Waals surface area contributed by atoms with Gasteiger partial charge in [0.2, 0.25) is 5.89 Å². The van der Waals surface area contributed by atoms with E-state index >= 15 is 0 Å². The number of aromatic nitrogens is 2. The second kappa shape index (κ2) is 4.11. The summed E-state index contributed by atoms with van der Waals surface area (Å²) < 4.78 is 10.1. The number of nitrogens with zero attached hydrogens (tertiary/aromatic N) is 3. The lowest BCUT2D eigenvalue weighted by Crippen LogP contribution is -2.04. The quantitative estimate of drug-likeness (QED) is 0.608. The highest BCUT2D eigenvalue weighted by Crippen LogP contribution is 2.24. The Kier molecular flexibility index (Phi) is 2.64. The molecule has 0 aromatic carbocycles. The number of hydrogen-bond donors (Lipinski definition) is 1. The molecule has 0 radical (unpaired) electrons. The smallest absolute Gasteiger partial charge is 0.417 e.